The Bertz CT molecular complexity index is 903. The second kappa shape index (κ2) is 9.13. The van der Waals surface area contributed by atoms with Crippen LogP contribution in [0.3, 0.4) is 0 Å². The molecule has 142 valence electrons. The van der Waals surface area contributed by atoms with E-state index >= 15 is 0 Å². The average Bonchev–Trinajstić information content (AvgIpc) is 2.76. The van der Waals surface area contributed by atoms with E-state index in [4.69, 9.17) is 16.6 Å². The minimum absolute atomic E-state index is 0.176. The highest BCUT2D eigenvalue weighted by Gasteiger charge is 2.28. The van der Waals surface area contributed by atoms with E-state index in [2.05, 4.69) is 52.3 Å². The fourth-order valence-corrected chi connectivity index (χ4v) is 4.09. The van der Waals surface area contributed by atoms with Gasteiger partial charge in [0, 0.05) is 30.5 Å². The molecule has 2 heterocycles. The van der Waals surface area contributed by atoms with Crippen molar-refractivity contribution in [1.82, 2.24) is 9.88 Å². The number of pyridine rings is 1. The van der Waals surface area contributed by atoms with Crippen LogP contribution in [-0.4, -0.2) is 35.2 Å². The van der Waals surface area contributed by atoms with E-state index in [0.29, 0.717) is 6.04 Å². The summed E-state index contributed by atoms with van der Waals surface area (Å²) in [7, 11) is 0. The highest BCUT2D eigenvalue weighted by Crippen LogP contribution is 2.35. The third-order valence-electron chi connectivity index (χ3n) is 5.28. The van der Waals surface area contributed by atoms with Crippen LogP contribution >= 0.6 is 11.6 Å². The number of piperidine rings is 1. The molecule has 3 aromatic rings. The Morgan fingerprint density at radius 2 is 1.64 bits per heavy atom. The van der Waals surface area contributed by atoms with Gasteiger partial charge < -0.3 is 0 Å². The Morgan fingerprint density at radius 1 is 0.929 bits per heavy atom. The van der Waals surface area contributed by atoms with E-state index in [1.165, 1.54) is 11.1 Å². The summed E-state index contributed by atoms with van der Waals surface area (Å²) in [6, 6.07) is 25.3. The first-order chi connectivity index (χ1) is 13.8. The van der Waals surface area contributed by atoms with Gasteiger partial charge in [0.1, 0.15) is 0 Å². The van der Waals surface area contributed by atoms with Gasteiger partial charge in [-0.15, -0.1) is 0 Å². The SMILES string of the molecule is Clc1ccccc1C(c1ccccc1)N1CCC(N=Cc2ccccn2)CC1. The highest BCUT2D eigenvalue weighted by molar-refractivity contribution is 6.31. The molecule has 3 nitrogen and oxygen atoms in total. The fraction of sp³-hybridized carbons (Fsp3) is 0.250. The van der Waals surface area contributed by atoms with Gasteiger partial charge >= 0.3 is 0 Å². The summed E-state index contributed by atoms with van der Waals surface area (Å²) in [5, 5.41) is 0.826. The number of benzene rings is 2. The number of rotatable bonds is 5. The molecule has 0 bridgehead atoms. The number of halogens is 1. The first-order valence-electron chi connectivity index (χ1n) is 9.79. The predicted molar refractivity (Wildman–Crippen MR) is 116 cm³/mol. The van der Waals surface area contributed by atoms with Crippen molar-refractivity contribution < 1.29 is 0 Å². The molecule has 1 aromatic heterocycles. The van der Waals surface area contributed by atoms with E-state index in [1.807, 2.05) is 36.5 Å². The quantitative estimate of drug-likeness (QED) is 0.546. The van der Waals surface area contributed by atoms with Gasteiger partial charge in [0.15, 0.2) is 0 Å². The van der Waals surface area contributed by atoms with Crippen molar-refractivity contribution in [3.63, 3.8) is 0 Å². The number of aromatic nitrogens is 1. The summed E-state index contributed by atoms with van der Waals surface area (Å²) >= 11 is 6.58. The molecule has 1 unspecified atom stereocenters. The van der Waals surface area contributed by atoms with Gasteiger partial charge in [-0.2, -0.15) is 0 Å². The van der Waals surface area contributed by atoms with Gasteiger partial charge in [-0.25, -0.2) is 0 Å². The van der Waals surface area contributed by atoms with E-state index in [1.54, 1.807) is 6.20 Å². The zero-order valence-corrected chi connectivity index (χ0v) is 16.5. The van der Waals surface area contributed by atoms with Crippen LogP contribution in [0.15, 0.2) is 84.0 Å². The van der Waals surface area contributed by atoms with Crippen molar-refractivity contribution in [2.24, 2.45) is 4.99 Å². The Morgan fingerprint density at radius 3 is 2.36 bits per heavy atom. The lowest BCUT2D eigenvalue weighted by Gasteiger charge is -2.37. The molecule has 1 aliphatic heterocycles. The molecular formula is C24H24ClN3. The highest BCUT2D eigenvalue weighted by atomic mass is 35.5. The summed E-state index contributed by atoms with van der Waals surface area (Å²) in [6.07, 6.45) is 5.79. The molecule has 1 saturated heterocycles. The van der Waals surface area contributed by atoms with Gasteiger partial charge in [0.05, 0.1) is 17.8 Å². The maximum atomic E-state index is 6.58. The van der Waals surface area contributed by atoms with E-state index in [9.17, 15) is 0 Å². The smallest absolute Gasteiger partial charge is 0.0807 e. The Labute approximate surface area is 171 Å². The van der Waals surface area contributed by atoms with Crippen LogP contribution in [-0.2, 0) is 0 Å². The van der Waals surface area contributed by atoms with Crippen LogP contribution in [0.25, 0.3) is 0 Å². The van der Waals surface area contributed by atoms with Gasteiger partial charge in [-0.1, -0.05) is 66.2 Å². The minimum atomic E-state index is 0.176. The van der Waals surface area contributed by atoms with Crippen molar-refractivity contribution in [3.8, 4) is 0 Å². The van der Waals surface area contributed by atoms with Crippen molar-refractivity contribution in [2.45, 2.75) is 24.9 Å². The fourth-order valence-electron chi connectivity index (χ4n) is 3.85. The zero-order valence-electron chi connectivity index (χ0n) is 15.8. The Kier molecular flexibility index (Phi) is 6.15. The van der Waals surface area contributed by atoms with Crippen LogP contribution in [0.4, 0.5) is 0 Å². The normalized spacial score (nSPS) is 17.0. The maximum Gasteiger partial charge on any atom is 0.0807 e. The Balaban J connectivity index is 1.50. The van der Waals surface area contributed by atoms with Crippen LogP contribution in [0, 0.1) is 0 Å². The van der Waals surface area contributed by atoms with Crippen molar-refractivity contribution in [2.75, 3.05) is 13.1 Å². The molecule has 0 radical (unpaired) electrons. The summed E-state index contributed by atoms with van der Waals surface area (Å²) in [6.45, 7) is 1.99. The number of hydrogen-bond donors (Lipinski definition) is 0. The topological polar surface area (TPSA) is 28.5 Å². The summed E-state index contributed by atoms with van der Waals surface area (Å²) in [5.74, 6) is 0. The lowest BCUT2D eigenvalue weighted by molar-refractivity contribution is 0.175. The molecule has 1 atom stereocenters. The van der Waals surface area contributed by atoms with Crippen molar-refractivity contribution in [3.05, 3.63) is 101 Å². The number of hydrogen-bond acceptors (Lipinski definition) is 3. The van der Waals surface area contributed by atoms with Gasteiger partial charge in [0.25, 0.3) is 0 Å². The molecule has 0 aliphatic carbocycles. The first kappa shape index (κ1) is 18.9. The standard InChI is InChI=1S/C24H24ClN3/c25-23-12-5-4-11-22(23)24(19-8-2-1-3-9-19)28-16-13-20(14-17-28)27-18-21-10-6-7-15-26-21/h1-12,15,18,20,24H,13-14,16-17H2. The number of nitrogens with zero attached hydrogens (tertiary/aromatic N) is 3. The molecule has 1 aliphatic rings. The lowest BCUT2D eigenvalue weighted by atomic mass is 9.94. The monoisotopic (exact) mass is 389 g/mol. The number of likely N-dealkylation sites (tertiary alicyclic amines) is 1. The van der Waals surface area contributed by atoms with E-state index in [0.717, 1.165) is 36.6 Å². The third-order valence-corrected chi connectivity index (χ3v) is 5.63. The maximum absolute atomic E-state index is 6.58. The molecule has 1 fully saturated rings. The van der Waals surface area contributed by atoms with Crippen molar-refractivity contribution in [1.29, 1.82) is 0 Å². The molecule has 0 saturated carbocycles. The molecule has 4 heteroatoms. The van der Waals surface area contributed by atoms with Gasteiger partial charge in [0.2, 0.25) is 0 Å². The molecule has 0 spiro atoms. The average molecular weight is 390 g/mol. The largest absolute Gasteiger partial charge is 0.292 e. The Hall–Kier alpha value is -2.49. The molecule has 4 rings (SSSR count). The number of aliphatic imine (C=N–C) groups is 1. The van der Waals surface area contributed by atoms with E-state index in [-0.39, 0.29) is 6.04 Å². The van der Waals surface area contributed by atoms with Gasteiger partial charge in [-0.3, -0.25) is 14.9 Å². The molecule has 2 aromatic carbocycles. The molecular weight excluding hydrogens is 366 g/mol. The minimum Gasteiger partial charge on any atom is -0.292 e. The van der Waals surface area contributed by atoms with Crippen LogP contribution < -0.4 is 0 Å². The summed E-state index contributed by atoms with van der Waals surface area (Å²) in [4.78, 5) is 11.6. The van der Waals surface area contributed by atoms with E-state index < -0.39 is 0 Å². The molecule has 0 N–H and O–H groups in total. The van der Waals surface area contributed by atoms with Gasteiger partial charge in [-0.05, 0) is 42.2 Å². The molecule has 0 amide bonds. The molecule has 28 heavy (non-hydrogen) atoms. The lowest BCUT2D eigenvalue weighted by Crippen LogP contribution is -2.38. The third kappa shape index (κ3) is 4.49. The van der Waals surface area contributed by atoms with Crippen LogP contribution in [0.2, 0.25) is 5.02 Å². The first-order valence-corrected chi connectivity index (χ1v) is 10.2. The summed E-state index contributed by atoms with van der Waals surface area (Å²) in [5.41, 5.74) is 3.37. The van der Waals surface area contributed by atoms with Crippen LogP contribution in [0.5, 0.6) is 0 Å². The zero-order chi connectivity index (χ0) is 19.2. The van der Waals surface area contributed by atoms with Crippen LogP contribution in [0.1, 0.15) is 35.7 Å². The summed E-state index contributed by atoms with van der Waals surface area (Å²) < 4.78 is 0. The second-order valence-electron chi connectivity index (χ2n) is 7.13. The predicted octanol–water partition coefficient (Wildman–Crippen LogP) is 5.41. The second-order valence-corrected chi connectivity index (χ2v) is 7.54. The van der Waals surface area contributed by atoms with Crippen molar-refractivity contribution >= 4 is 17.8 Å².